The van der Waals surface area contributed by atoms with Gasteiger partial charge in [-0.3, -0.25) is 9.59 Å². The lowest BCUT2D eigenvalue weighted by Crippen LogP contribution is -2.43. The highest BCUT2D eigenvalue weighted by molar-refractivity contribution is 5.99. The van der Waals surface area contributed by atoms with Gasteiger partial charge in [0, 0.05) is 0 Å². The molecule has 0 aliphatic heterocycles. The topological polar surface area (TPSA) is 136 Å². The predicted octanol–water partition coefficient (Wildman–Crippen LogP) is -0.396. The van der Waals surface area contributed by atoms with E-state index < -0.39 is 30.2 Å². The Labute approximate surface area is 108 Å². The number of carboxylic acid groups (broad SMARTS) is 1. The van der Waals surface area contributed by atoms with E-state index in [0.717, 1.165) is 0 Å². The molecule has 0 bridgehead atoms. The van der Waals surface area contributed by atoms with Gasteiger partial charge >= 0.3 is 5.97 Å². The number of carboxylic acids is 1. The lowest BCUT2D eigenvalue weighted by atomic mass is 10.1. The Morgan fingerprint density at radius 2 is 2.11 bits per heavy atom. The van der Waals surface area contributed by atoms with Crippen LogP contribution >= 0.6 is 0 Å². The average molecular weight is 269 g/mol. The van der Waals surface area contributed by atoms with Crippen molar-refractivity contribution in [3.63, 3.8) is 0 Å². The van der Waals surface area contributed by atoms with Crippen LogP contribution in [0.5, 0.6) is 0 Å². The Balaban J connectivity index is 2.90. The van der Waals surface area contributed by atoms with Crippen molar-refractivity contribution in [3.05, 3.63) is 17.0 Å². The van der Waals surface area contributed by atoms with Crippen LogP contribution in [0, 0.1) is 6.92 Å². The van der Waals surface area contributed by atoms with Crippen LogP contribution in [0.2, 0.25) is 0 Å². The summed E-state index contributed by atoms with van der Waals surface area (Å²) in [5, 5.41) is 14.8. The zero-order valence-electron chi connectivity index (χ0n) is 10.6. The zero-order valence-corrected chi connectivity index (χ0v) is 10.6. The molecule has 0 aromatic carbocycles. The summed E-state index contributed by atoms with van der Waals surface area (Å²) >= 11 is 0. The van der Waals surface area contributed by atoms with E-state index in [-0.39, 0.29) is 11.3 Å². The standard InChI is InChI=1S/C11H15N3O5/c1-3-6-9(5(2)19-14-6)10(16)13-7(11(17)18)4-8(12)15/h7H,3-4H2,1-2H3,(H2,12,15)(H,13,16)(H,17,18). The highest BCUT2D eigenvalue weighted by atomic mass is 16.5. The van der Waals surface area contributed by atoms with Crippen molar-refractivity contribution in [2.24, 2.45) is 5.73 Å². The molecule has 1 rings (SSSR count). The normalized spacial score (nSPS) is 11.9. The van der Waals surface area contributed by atoms with Crippen LogP contribution in [-0.4, -0.2) is 34.1 Å². The third kappa shape index (κ3) is 3.54. The van der Waals surface area contributed by atoms with Gasteiger partial charge in [0.25, 0.3) is 5.91 Å². The number of carbonyl (C=O) groups is 3. The van der Waals surface area contributed by atoms with Gasteiger partial charge in [0.05, 0.1) is 12.1 Å². The largest absolute Gasteiger partial charge is 0.480 e. The van der Waals surface area contributed by atoms with Crippen molar-refractivity contribution >= 4 is 17.8 Å². The first kappa shape index (κ1) is 14.7. The van der Waals surface area contributed by atoms with E-state index in [1.165, 1.54) is 0 Å². The minimum atomic E-state index is -1.37. The summed E-state index contributed by atoms with van der Waals surface area (Å²) in [6.07, 6.45) is -0.0134. The van der Waals surface area contributed by atoms with E-state index in [0.29, 0.717) is 12.1 Å². The molecule has 1 aromatic rings. The molecular formula is C11H15N3O5. The fourth-order valence-electron chi connectivity index (χ4n) is 1.58. The highest BCUT2D eigenvalue weighted by Crippen LogP contribution is 2.14. The lowest BCUT2D eigenvalue weighted by Gasteiger charge is -2.12. The van der Waals surface area contributed by atoms with Crippen molar-refractivity contribution in [1.29, 1.82) is 0 Å². The maximum Gasteiger partial charge on any atom is 0.326 e. The summed E-state index contributed by atoms with van der Waals surface area (Å²) in [4.78, 5) is 33.6. The van der Waals surface area contributed by atoms with Crippen LogP contribution in [0.15, 0.2) is 4.52 Å². The summed E-state index contributed by atoms with van der Waals surface area (Å²) < 4.78 is 4.88. The molecule has 1 aromatic heterocycles. The van der Waals surface area contributed by atoms with Gasteiger partial charge in [-0.2, -0.15) is 0 Å². The molecule has 4 N–H and O–H groups in total. The number of aryl methyl sites for hydroxylation is 2. The molecule has 8 nitrogen and oxygen atoms in total. The number of nitrogens with zero attached hydrogens (tertiary/aromatic N) is 1. The fourth-order valence-corrected chi connectivity index (χ4v) is 1.58. The van der Waals surface area contributed by atoms with Gasteiger partial charge in [-0.25, -0.2) is 4.79 Å². The summed E-state index contributed by atoms with van der Waals surface area (Å²) in [7, 11) is 0. The number of aromatic nitrogens is 1. The van der Waals surface area contributed by atoms with Gasteiger partial charge in [0.15, 0.2) is 0 Å². The van der Waals surface area contributed by atoms with Gasteiger partial charge in [0.1, 0.15) is 17.4 Å². The van der Waals surface area contributed by atoms with Crippen molar-refractivity contribution in [2.75, 3.05) is 0 Å². The smallest absolute Gasteiger partial charge is 0.326 e. The second-order valence-corrected chi connectivity index (χ2v) is 3.95. The van der Waals surface area contributed by atoms with Gasteiger partial charge in [-0.05, 0) is 13.3 Å². The van der Waals surface area contributed by atoms with Crippen LogP contribution in [0.4, 0.5) is 0 Å². The Bertz CT molecular complexity index is 508. The minimum Gasteiger partial charge on any atom is -0.480 e. The van der Waals surface area contributed by atoms with Gasteiger partial charge in [0.2, 0.25) is 5.91 Å². The maximum atomic E-state index is 12.0. The summed E-state index contributed by atoms with van der Waals surface area (Å²) in [6, 6.07) is -1.37. The van der Waals surface area contributed by atoms with Crippen molar-refractivity contribution in [1.82, 2.24) is 10.5 Å². The fraction of sp³-hybridized carbons (Fsp3) is 0.455. The highest BCUT2D eigenvalue weighted by Gasteiger charge is 2.26. The minimum absolute atomic E-state index is 0.193. The lowest BCUT2D eigenvalue weighted by molar-refractivity contribution is -0.140. The van der Waals surface area contributed by atoms with Crippen LogP contribution in [-0.2, 0) is 16.0 Å². The quantitative estimate of drug-likeness (QED) is 0.643. The summed E-state index contributed by atoms with van der Waals surface area (Å²) in [5.74, 6) is -2.51. The van der Waals surface area contributed by atoms with Gasteiger partial charge in [-0.1, -0.05) is 12.1 Å². The maximum absolute atomic E-state index is 12.0. The number of carbonyl (C=O) groups excluding carboxylic acids is 2. The molecule has 0 radical (unpaired) electrons. The summed E-state index contributed by atoms with van der Waals surface area (Å²) in [6.45, 7) is 3.33. The zero-order chi connectivity index (χ0) is 14.6. The Hall–Kier alpha value is -2.38. The van der Waals surface area contributed by atoms with E-state index in [9.17, 15) is 14.4 Å². The third-order valence-corrected chi connectivity index (χ3v) is 2.50. The van der Waals surface area contributed by atoms with Crippen molar-refractivity contribution < 1.29 is 24.0 Å². The molecule has 104 valence electrons. The van der Waals surface area contributed by atoms with Crippen molar-refractivity contribution in [2.45, 2.75) is 32.7 Å². The molecule has 0 fully saturated rings. The third-order valence-electron chi connectivity index (χ3n) is 2.50. The number of hydrogen-bond donors (Lipinski definition) is 3. The molecule has 0 aliphatic carbocycles. The average Bonchev–Trinajstić information content (AvgIpc) is 2.68. The monoisotopic (exact) mass is 269 g/mol. The van der Waals surface area contributed by atoms with Crippen LogP contribution in [0.3, 0.4) is 0 Å². The molecule has 0 aliphatic rings. The second kappa shape index (κ2) is 5.98. The van der Waals surface area contributed by atoms with Crippen LogP contribution in [0.1, 0.15) is 35.2 Å². The number of amides is 2. The molecule has 1 atom stereocenters. The predicted molar refractivity (Wildman–Crippen MR) is 63.3 cm³/mol. The second-order valence-electron chi connectivity index (χ2n) is 3.95. The molecule has 0 spiro atoms. The first-order valence-corrected chi connectivity index (χ1v) is 5.63. The molecule has 1 heterocycles. The molecule has 0 saturated heterocycles. The van der Waals surface area contributed by atoms with Gasteiger partial charge < -0.3 is 20.7 Å². The van der Waals surface area contributed by atoms with E-state index in [2.05, 4.69) is 10.5 Å². The van der Waals surface area contributed by atoms with E-state index in [4.69, 9.17) is 15.4 Å². The number of nitrogens with one attached hydrogen (secondary N) is 1. The van der Waals surface area contributed by atoms with Crippen LogP contribution < -0.4 is 11.1 Å². The number of primary amides is 1. The Morgan fingerprint density at radius 3 is 2.58 bits per heavy atom. The molecule has 8 heteroatoms. The molecule has 0 saturated carbocycles. The van der Waals surface area contributed by atoms with E-state index in [1.807, 2.05) is 0 Å². The van der Waals surface area contributed by atoms with E-state index in [1.54, 1.807) is 13.8 Å². The molecule has 19 heavy (non-hydrogen) atoms. The Kier molecular flexibility index (Phi) is 4.62. The van der Waals surface area contributed by atoms with Gasteiger partial charge in [-0.15, -0.1) is 0 Å². The summed E-state index contributed by atoms with van der Waals surface area (Å²) in [5.41, 5.74) is 5.55. The van der Waals surface area contributed by atoms with Crippen LogP contribution in [0.25, 0.3) is 0 Å². The SMILES string of the molecule is CCc1noc(C)c1C(=O)NC(CC(N)=O)C(=O)O. The first-order valence-electron chi connectivity index (χ1n) is 5.63. The molecule has 2 amide bonds. The van der Waals surface area contributed by atoms with Crippen molar-refractivity contribution in [3.8, 4) is 0 Å². The Morgan fingerprint density at radius 1 is 1.47 bits per heavy atom. The number of aliphatic carboxylic acids is 1. The number of hydrogen-bond acceptors (Lipinski definition) is 5. The molecule has 1 unspecified atom stereocenters. The number of rotatable bonds is 6. The number of nitrogens with two attached hydrogens (primary N) is 1. The van der Waals surface area contributed by atoms with E-state index >= 15 is 0 Å². The molecular weight excluding hydrogens is 254 g/mol. The first-order chi connectivity index (χ1) is 8.86.